The fourth-order valence-corrected chi connectivity index (χ4v) is 4.14. The molecule has 0 spiro atoms. The summed E-state index contributed by atoms with van der Waals surface area (Å²) in [6.45, 7) is 0. The highest BCUT2D eigenvalue weighted by Crippen LogP contribution is 2.35. The quantitative estimate of drug-likeness (QED) is 0.169. The average molecular weight is 505 g/mol. The average Bonchev–Trinajstić information content (AvgIpc) is 3.22. The Morgan fingerprint density at radius 3 is 2.47 bits per heavy atom. The Balaban J connectivity index is 1.57. The maximum absolute atomic E-state index is 11.6. The summed E-state index contributed by atoms with van der Waals surface area (Å²) < 4.78 is 0. The van der Waals surface area contributed by atoms with Crippen LogP contribution in [-0.4, -0.2) is 26.3 Å². The van der Waals surface area contributed by atoms with Gasteiger partial charge in [0.1, 0.15) is 0 Å². The number of nitrogens with one attached hydrogen (secondary N) is 1. The van der Waals surface area contributed by atoms with Crippen molar-refractivity contribution in [2.45, 2.75) is 10.1 Å². The van der Waals surface area contributed by atoms with Crippen LogP contribution in [0.1, 0.15) is 5.56 Å². The van der Waals surface area contributed by atoms with E-state index in [4.69, 9.17) is 34.8 Å². The number of hydrogen-bond acceptors (Lipinski definition) is 6. The van der Waals surface area contributed by atoms with E-state index in [1.54, 1.807) is 60.8 Å². The maximum atomic E-state index is 11.6. The zero-order valence-corrected chi connectivity index (χ0v) is 19.1. The third-order valence-corrected chi connectivity index (χ3v) is 5.95. The first-order valence-corrected chi connectivity index (χ1v) is 11.0. The zero-order valence-electron chi connectivity index (χ0n) is 16.0. The highest BCUT2D eigenvalue weighted by Gasteiger charge is 2.18. The standard InChI is InChI=1S/C21H12Cl3N5O2S/c22-13-2-5-15(6-3-13)25-11-12-1-8-19(18(9-12)29(30)31)32-21-26-20(27-28-21)16-7-4-14(23)10-17(16)24/h1-11H,(H,26,27,28). The lowest BCUT2D eigenvalue weighted by atomic mass is 10.2. The van der Waals surface area contributed by atoms with Gasteiger partial charge < -0.3 is 0 Å². The molecule has 1 heterocycles. The summed E-state index contributed by atoms with van der Waals surface area (Å²) in [7, 11) is 0. The van der Waals surface area contributed by atoms with Gasteiger partial charge in [0.05, 0.1) is 20.5 Å². The van der Waals surface area contributed by atoms with Crippen LogP contribution >= 0.6 is 46.6 Å². The van der Waals surface area contributed by atoms with Crippen molar-refractivity contribution in [3.63, 3.8) is 0 Å². The van der Waals surface area contributed by atoms with E-state index in [0.29, 0.717) is 47.8 Å². The molecule has 0 saturated carbocycles. The molecule has 0 unspecified atom stereocenters. The molecule has 7 nitrogen and oxygen atoms in total. The monoisotopic (exact) mass is 503 g/mol. The molecule has 0 aliphatic rings. The number of halogens is 3. The van der Waals surface area contributed by atoms with Crippen LogP contribution in [0, 0.1) is 10.1 Å². The number of nitro groups is 1. The minimum Gasteiger partial charge on any atom is -0.258 e. The summed E-state index contributed by atoms with van der Waals surface area (Å²) in [6.07, 6.45) is 1.55. The predicted octanol–water partition coefficient (Wildman–Crippen LogP) is 7.24. The van der Waals surface area contributed by atoms with Gasteiger partial charge in [0.2, 0.25) is 5.16 Å². The third-order valence-electron chi connectivity index (χ3n) is 4.22. The van der Waals surface area contributed by atoms with Gasteiger partial charge >= 0.3 is 0 Å². The molecule has 0 amide bonds. The molecule has 4 rings (SSSR count). The molecule has 0 fully saturated rings. The summed E-state index contributed by atoms with van der Waals surface area (Å²) in [5, 5.41) is 20.4. The summed E-state index contributed by atoms with van der Waals surface area (Å²) in [6, 6.07) is 16.8. The minimum atomic E-state index is -0.453. The highest BCUT2D eigenvalue weighted by atomic mass is 35.5. The third kappa shape index (κ3) is 5.28. The number of aromatic nitrogens is 3. The second-order valence-corrected chi connectivity index (χ2v) is 8.70. The number of rotatable bonds is 6. The smallest absolute Gasteiger partial charge is 0.258 e. The lowest BCUT2D eigenvalue weighted by Gasteiger charge is -2.02. The van der Waals surface area contributed by atoms with Crippen LogP contribution in [0.3, 0.4) is 0 Å². The van der Waals surface area contributed by atoms with Crippen molar-refractivity contribution in [3.8, 4) is 11.4 Å². The number of aromatic amines is 1. The molecule has 32 heavy (non-hydrogen) atoms. The van der Waals surface area contributed by atoms with Crippen molar-refractivity contribution in [3.05, 3.63) is 91.4 Å². The van der Waals surface area contributed by atoms with E-state index in [9.17, 15) is 10.1 Å². The first kappa shape index (κ1) is 22.3. The van der Waals surface area contributed by atoms with Gasteiger partial charge in [-0.25, -0.2) is 4.98 Å². The van der Waals surface area contributed by atoms with Gasteiger partial charge in [-0.15, -0.1) is 5.10 Å². The van der Waals surface area contributed by atoms with Gasteiger partial charge in [0.15, 0.2) is 5.82 Å². The molecule has 3 aromatic carbocycles. The van der Waals surface area contributed by atoms with Crippen molar-refractivity contribution in [1.82, 2.24) is 15.2 Å². The molecule has 11 heteroatoms. The second-order valence-electron chi connectivity index (χ2n) is 6.41. The Kier molecular flexibility index (Phi) is 6.76. The minimum absolute atomic E-state index is 0.0778. The van der Waals surface area contributed by atoms with E-state index in [1.165, 1.54) is 6.07 Å². The zero-order chi connectivity index (χ0) is 22.7. The maximum Gasteiger partial charge on any atom is 0.283 e. The normalized spacial score (nSPS) is 11.2. The van der Waals surface area contributed by atoms with E-state index in [0.717, 1.165) is 11.8 Å². The molecule has 0 radical (unpaired) electrons. The summed E-state index contributed by atoms with van der Waals surface area (Å²) in [4.78, 5) is 20.3. The van der Waals surface area contributed by atoms with Crippen LogP contribution in [-0.2, 0) is 0 Å². The predicted molar refractivity (Wildman–Crippen MR) is 128 cm³/mol. The van der Waals surface area contributed by atoms with E-state index in [-0.39, 0.29) is 5.69 Å². The van der Waals surface area contributed by atoms with Gasteiger partial charge in [0, 0.05) is 27.9 Å². The number of benzene rings is 3. The summed E-state index contributed by atoms with van der Waals surface area (Å²) >= 11 is 19.1. The molecule has 4 aromatic rings. The molecule has 0 aliphatic carbocycles. The van der Waals surface area contributed by atoms with Crippen LogP contribution in [0.2, 0.25) is 15.1 Å². The first-order chi connectivity index (χ1) is 15.4. The van der Waals surface area contributed by atoms with Crippen molar-refractivity contribution < 1.29 is 4.92 Å². The number of aliphatic imine (C=N–C) groups is 1. The van der Waals surface area contributed by atoms with Crippen molar-refractivity contribution in [2.75, 3.05) is 0 Å². The summed E-state index contributed by atoms with van der Waals surface area (Å²) in [5.74, 6) is 0.434. The van der Waals surface area contributed by atoms with Crippen LogP contribution in [0.5, 0.6) is 0 Å². The van der Waals surface area contributed by atoms with E-state index in [2.05, 4.69) is 20.2 Å². The lowest BCUT2D eigenvalue weighted by molar-refractivity contribution is -0.387. The molecule has 0 atom stereocenters. The molecule has 160 valence electrons. The summed E-state index contributed by atoms with van der Waals surface area (Å²) in [5.41, 5.74) is 1.81. The molecule has 0 saturated heterocycles. The van der Waals surface area contributed by atoms with Crippen LogP contribution in [0.25, 0.3) is 11.4 Å². The van der Waals surface area contributed by atoms with Gasteiger partial charge in [-0.3, -0.25) is 20.2 Å². The molecule has 0 aliphatic heterocycles. The SMILES string of the molecule is O=[N+]([O-])c1cc(C=Nc2ccc(Cl)cc2)ccc1Sc1n[nH]c(-c2ccc(Cl)cc2Cl)n1. The Morgan fingerprint density at radius 2 is 1.75 bits per heavy atom. The molecular formula is C21H12Cl3N5O2S. The largest absolute Gasteiger partial charge is 0.283 e. The number of hydrogen-bond donors (Lipinski definition) is 1. The van der Waals surface area contributed by atoms with Crippen LogP contribution in [0.4, 0.5) is 11.4 Å². The van der Waals surface area contributed by atoms with E-state index >= 15 is 0 Å². The first-order valence-electron chi connectivity index (χ1n) is 9.03. The van der Waals surface area contributed by atoms with Crippen LogP contribution in [0.15, 0.2) is 75.7 Å². The number of nitrogens with zero attached hydrogens (tertiary/aromatic N) is 4. The number of H-pyrrole nitrogens is 1. The Morgan fingerprint density at radius 1 is 1.00 bits per heavy atom. The lowest BCUT2D eigenvalue weighted by Crippen LogP contribution is -1.93. The Hall–Kier alpha value is -2.91. The fourth-order valence-electron chi connectivity index (χ4n) is 2.71. The van der Waals surface area contributed by atoms with Crippen molar-refractivity contribution >= 4 is 64.2 Å². The van der Waals surface area contributed by atoms with Crippen LogP contribution < -0.4 is 0 Å². The second kappa shape index (κ2) is 9.70. The Bertz CT molecular complexity index is 1330. The molecule has 1 aromatic heterocycles. The van der Waals surface area contributed by atoms with Gasteiger partial charge in [0.25, 0.3) is 5.69 Å². The molecular weight excluding hydrogens is 493 g/mol. The van der Waals surface area contributed by atoms with E-state index in [1.807, 2.05) is 0 Å². The van der Waals surface area contributed by atoms with Crippen molar-refractivity contribution in [1.29, 1.82) is 0 Å². The fraction of sp³-hybridized carbons (Fsp3) is 0. The van der Waals surface area contributed by atoms with Crippen molar-refractivity contribution in [2.24, 2.45) is 4.99 Å². The van der Waals surface area contributed by atoms with Gasteiger partial charge in [-0.2, -0.15) is 0 Å². The van der Waals surface area contributed by atoms with E-state index < -0.39 is 4.92 Å². The Labute approximate surface area is 201 Å². The molecule has 0 bridgehead atoms. The van der Waals surface area contributed by atoms with Gasteiger partial charge in [-0.05, 0) is 65.9 Å². The highest BCUT2D eigenvalue weighted by molar-refractivity contribution is 7.99. The topological polar surface area (TPSA) is 97.1 Å². The van der Waals surface area contributed by atoms with Gasteiger partial charge in [-0.1, -0.05) is 40.9 Å². The number of nitro benzene ring substituents is 1. The molecule has 1 N–H and O–H groups in total.